The highest BCUT2D eigenvalue weighted by molar-refractivity contribution is 5.74. The van der Waals surface area contributed by atoms with E-state index in [1.807, 2.05) is 12.1 Å². The van der Waals surface area contributed by atoms with Crippen LogP contribution in [-0.4, -0.2) is 85.2 Å². The Morgan fingerprint density at radius 3 is 2.09 bits per heavy atom. The number of ether oxygens (including phenoxy) is 2. The molecule has 0 aliphatic carbocycles. The highest BCUT2D eigenvalue weighted by Gasteiger charge is 2.19. The van der Waals surface area contributed by atoms with Crippen molar-refractivity contribution in [2.75, 3.05) is 59.1 Å². The largest absolute Gasteiger partial charge is 0.493 e. The van der Waals surface area contributed by atoms with Crippen LogP contribution in [0.25, 0.3) is 11.1 Å². The van der Waals surface area contributed by atoms with Crippen molar-refractivity contribution in [3.05, 3.63) is 47.5 Å². The number of aliphatic hydroxyl groups is 2. The van der Waals surface area contributed by atoms with Gasteiger partial charge in [0, 0.05) is 32.7 Å². The van der Waals surface area contributed by atoms with Crippen LogP contribution in [0.15, 0.2) is 36.4 Å². The lowest BCUT2D eigenvalue weighted by atomic mass is 9.95. The molecule has 1 saturated heterocycles. The maximum absolute atomic E-state index is 9.68. The minimum Gasteiger partial charge on any atom is -0.493 e. The summed E-state index contributed by atoms with van der Waals surface area (Å²) in [6, 6.07) is 12.5. The molecule has 1 aliphatic heterocycles. The van der Waals surface area contributed by atoms with E-state index in [9.17, 15) is 10.2 Å². The van der Waals surface area contributed by atoms with Crippen LogP contribution in [-0.2, 0) is 0 Å². The summed E-state index contributed by atoms with van der Waals surface area (Å²) in [4.78, 5) is 4.59. The van der Waals surface area contributed by atoms with Crippen molar-refractivity contribution < 1.29 is 19.7 Å². The van der Waals surface area contributed by atoms with Gasteiger partial charge in [0.1, 0.15) is 11.5 Å². The highest BCUT2D eigenvalue weighted by atomic mass is 16.5. The second-order valence-electron chi connectivity index (χ2n) is 9.57. The van der Waals surface area contributed by atoms with Gasteiger partial charge in [-0.2, -0.15) is 0 Å². The van der Waals surface area contributed by atoms with Crippen molar-refractivity contribution >= 4 is 0 Å². The van der Waals surface area contributed by atoms with Gasteiger partial charge < -0.3 is 29.5 Å². The molecular weight excluding hydrogens is 440 g/mol. The van der Waals surface area contributed by atoms with Gasteiger partial charge in [0.2, 0.25) is 0 Å². The Balaban J connectivity index is 1.56. The van der Waals surface area contributed by atoms with Crippen LogP contribution in [0.2, 0.25) is 0 Å². The fourth-order valence-corrected chi connectivity index (χ4v) is 4.87. The summed E-state index contributed by atoms with van der Waals surface area (Å²) < 4.78 is 12.3. The van der Waals surface area contributed by atoms with Gasteiger partial charge >= 0.3 is 0 Å². The van der Waals surface area contributed by atoms with Crippen molar-refractivity contribution in [2.45, 2.75) is 52.6 Å². The topological polar surface area (TPSA) is 65.4 Å². The molecule has 0 aromatic heterocycles. The van der Waals surface area contributed by atoms with Crippen molar-refractivity contribution in [2.24, 2.45) is 0 Å². The Morgan fingerprint density at radius 1 is 0.914 bits per heavy atom. The summed E-state index contributed by atoms with van der Waals surface area (Å²) in [6.45, 7) is 13.3. The maximum Gasteiger partial charge on any atom is 0.122 e. The van der Waals surface area contributed by atoms with E-state index in [1.54, 1.807) is 0 Å². The smallest absolute Gasteiger partial charge is 0.122 e. The van der Waals surface area contributed by atoms with E-state index in [1.165, 1.54) is 11.1 Å². The first-order chi connectivity index (χ1) is 17.0. The summed E-state index contributed by atoms with van der Waals surface area (Å²) in [5, 5.41) is 18.9. The van der Waals surface area contributed by atoms with E-state index in [-0.39, 0.29) is 12.7 Å². The zero-order chi connectivity index (χ0) is 25.0. The first-order valence-electron chi connectivity index (χ1n) is 13.2. The third-order valence-corrected chi connectivity index (χ3v) is 6.81. The number of rotatable bonds is 15. The molecule has 6 heteroatoms. The summed E-state index contributed by atoms with van der Waals surface area (Å²) in [5.41, 5.74) is 4.62. The molecule has 1 heterocycles. The number of hydrogen-bond donors (Lipinski definition) is 2. The Labute approximate surface area is 211 Å². The van der Waals surface area contributed by atoms with Crippen LogP contribution >= 0.6 is 0 Å². The van der Waals surface area contributed by atoms with Gasteiger partial charge in [-0.25, -0.2) is 0 Å². The lowest BCUT2D eigenvalue weighted by molar-refractivity contribution is 0.173. The number of aliphatic hydroxyl groups excluding tert-OH is 2. The molecule has 2 N–H and O–H groups in total. The van der Waals surface area contributed by atoms with Gasteiger partial charge in [-0.3, -0.25) is 0 Å². The van der Waals surface area contributed by atoms with Gasteiger partial charge in [0.15, 0.2) is 0 Å². The van der Waals surface area contributed by atoms with Crippen LogP contribution in [0, 0.1) is 13.8 Å². The Hall–Kier alpha value is -2.12. The minimum atomic E-state index is -0.167. The van der Waals surface area contributed by atoms with Gasteiger partial charge in [-0.1, -0.05) is 31.2 Å². The van der Waals surface area contributed by atoms with Crippen LogP contribution in [0.4, 0.5) is 0 Å². The van der Waals surface area contributed by atoms with E-state index < -0.39 is 0 Å². The lowest BCUT2D eigenvalue weighted by Gasteiger charge is -2.21. The molecule has 6 nitrogen and oxygen atoms in total. The van der Waals surface area contributed by atoms with E-state index in [0.29, 0.717) is 13.2 Å². The summed E-state index contributed by atoms with van der Waals surface area (Å²) in [7, 11) is 0. The van der Waals surface area contributed by atoms with Gasteiger partial charge in [0.25, 0.3) is 0 Å². The zero-order valence-electron chi connectivity index (χ0n) is 21.8. The van der Waals surface area contributed by atoms with Crippen molar-refractivity contribution in [1.29, 1.82) is 0 Å². The first kappa shape index (κ1) is 27.5. The SMILES string of the molecule is CCCN(CCO)CCCOc1cccc(-c2cccc(OCCCN3CC[C@@H](O)C3)c2C)c1C. The van der Waals surface area contributed by atoms with Crippen LogP contribution in [0.3, 0.4) is 0 Å². The summed E-state index contributed by atoms with van der Waals surface area (Å²) in [5.74, 6) is 1.85. The Bertz CT molecular complexity index is 898. The van der Waals surface area contributed by atoms with Crippen molar-refractivity contribution in [3.63, 3.8) is 0 Å². The van der Waals surface area contributed by atoms with E-state index >= 15 is 0 Å². The molecule has 2 aromatic rings. The number of nitrogens with zero attached hydrogens (tertiary/aromatic N) is 2. The van der Waals surface area contributed by atoms with Gasteiger partial charge in [0.05, 0.1) is 25.9 Å². The molecule has 3 rings (SSSR count). The zero-order valence-corrected chi connectivity index (χ0v) is 21.8. The Morgan fingerprint density at radius 2 is 1.54 bits per heavy atom. The molecule has 0 radical (unpaired) electrons. The first-order valence-corrected chi connectivity index (χ1v) is 13.2. The van der Waals surface area contributed by atoms with E-state index in [4.69, 9.17) is 9.47 Å². The molecule has 1 aliphatic rings. The summed E-state index contributed by atoms with van der Waals surface area (Å²) in [6.07, 6.45) is 3.69. The fraction of sp³-hybridized carbons (Fsp3) is 0.586. The van der Waals surface area contributed by atoms with E-state index in [0.717, 1.165) is 87.6 Å². The molecule has 2 aromatic carbocycles. The van der Waals surface area contributed by atoms with E-state index in [2.05, 4.69) is 54.8 Å². The number of β-amino-alcohol motifs (C(OH)–C–C–N with tert-alkyl or cyclic N) is 1. The van der Waals surface area contributed by atoms with Gasteiger partial charge in [-0.05, 0) is 80.5 Å². The minimum absolute atomic E-state index is 0.167. The third kappa shape index (κ3) is 8.21. The van der Waals surface area contributed by atoms with Gasteiger partial charge in [-0.15, -0.1) is 0 Å². The highest BCUT2D eigenvalue weighted by Crippen LogP contribution is 2.35. The average Bonchev–Trinajstić information content (AvgIpc) is 3.27. The molecule has 1 fully saturated rings. The van der Waals surface area contributed by atoms with Crippen LogP contribution in [0.5, 0.6) is 11.5 Å². The van der Waals surface area contributed by atoms with Crippen molar-refractivity contribution in [1.82, 2.24) is 9.80 Å². The quantitative estimate of drug-likeness (QED) is 0.368. The normalized spacial score (nSPS) is 16.2. The Kier molecular flexibility index (Phi) is 11.3. The molecule has 0 saturated carbocycles. The number of hydrogen-bond acceptors (Lipinski definition) is 6. The second-order valence-corrected chi connectivity index (χ2v) is 9.57. The third-order valence-electron chi connectivity index (χ3n) is 6.81. The van der Waals surface area contributed by atoms with Crippen LogP contribution in [0.1, 0.15) is 43.7 Å². The molecule has 0 unspecified atom stereocenters. The predicted octanol–water partition coefficient (Wildman–Crippen LogP) is 4.28. The molecule has 194 valence electrons. The lowest BCUT2D eigenvalue weighted by Crippen LogP contribution is -2.29. The maximum atomic E-state index is 9.68. The standard InChI is InChI=1S/C29H44N2O4/c1-4-14-30(18-19-32)15-7-20-34-28-11-5-9-26(23(28)2)27-10-6-12-29(24(27)3)35-21-8-16-31-17-13-25(33)22-31/h5-6,9-12,25,32-33H,4,7-8,13-22H2,1-3H3/t25-/m1/s1. The molecule has 0 bridgehead atoms. The van der Waals surface area contributed by atoms with Crippen molar-refractivity contribution in [3.8, 4) is 22.6 Å². The molecule has 0 spiro atoms. The molecule has 0 amide bonds. The number of benzene rings is 2. The predicted molar refractivity (Wildman–Crippen MR) is 142 cm³/mol. The molecular formula is C29H44N2O4. The second kappa shape index (κ2) is 14.4. The summed E-state index contributed by atoms with van der Waals surface area (Å²) >= 11 is 0. The average molecular weight is 485 g/mol. The van der Waals surface area contributed by atoms with Crippen LogP contribution < -0.4 is 9.47 Å². The number of likely N-dealkylation sites (tertiary alicyclic amines) is 1. The molecule has 35 heavy (non-hydrogen) atoms. The fourth-order valence-electron chi connectivity index (χ4n) is 4.87. The monoisotopic (exact) mass is 484 g/mol. The molecule has 1 atom stereocenters.